The van der Waals surface area contributed by atoms with Crippen LogP contribution in [-0.4, -0.2) is 43.6 Å². The third-order valence-electron chi connectivity index (χ3n) is 7.79. The molecule has 0 saturated heterocycles. The Bertz CT molecular complexity index is 1230. The summed E-state index contributed by atoms with van der Waals surface area (Å²) in [7, 11) is -3.84. The molecule has 7 nitrogen and oxygen atoms in total. The highest BCUT2D eigenvalue weighted by atomic mass is 32.2. The maximum atomic E-state index is 13.9. The van der Waals surface area contributed by atoms with Crippen molar-refractivity contribution in [1.29, 1.82) is 0 Å². The normalized spacial score (nSPS) is 26.0. The summed E-state index contributed by atoms with van der Waals surface area (Å²) in [6.45, 7) is 1.17. The number of fused-ring (bicyclic) bond motifs is 3. The standard InChI is InChI=1S/C26H32FN3O4S/c27-21-3-1-2-4-25(21)35(33,34)29-15-17-7-5-16(6-8-17)14-28-26-13-20-19-12-24(32)23(31)11-18(19)9-10-22(20)30-26/h1-4,11-12,16-17,20,22,29,31-32H,5-10,13-15H2,(H,28,30)/t16?,17?,20-,22+/m0/s1. The van der Waals surface area contributed by atoms with Crippen LogP contribution < -0.4 is 10.0 Å². The molecule has 0 bridgehead atoms. The largest absolute Gasteiger partial charge is 0.504 e. The van der Waals surface area contributed by atoms with Crippen molar-refractivity contribution < 1.29 is 23.0 Å². The molecule has 9 heteroatoms. The van der Waals surface area contributed by atoms with Gasteiger partial charge in [0, 0.05) is 25.4 Å². The SMILES string of the molecule is O=S(=O)(NCC1CCC(CNC2=N[C@@H]3CCc4cc(O)c(O)cc4[C@@H]3C2)CC1)c1ccccc1F. The van der Waals surface area contributed by atoms with Gasteiger partial charge in [-0.2, -0.15) is 0 Å². The molecule has 0 unspecified atom stereocenters. The molecule has 3 aliphatic rings. The summed E-state index contributed by atoms with van der Waals surface area (Å²) in [5.74, 6) is 1.15. The molecule has 1 aliphatic heterocycles. The first-order valence-corrected chi connectivity index (χ1v) is 13.9. The van der Waals surface area contributed by atoms with Gasteiger partial charge in [0.05, 0.1) is 11.9 Å². The van der Waals surface area contributed by atoms with E-state index in [0.29, 0.717) is 12.5 Å². The zero-order chi connectivity index (χ0) is 24.6. The first-order valence-electron chi connectivity index (χ1n) is 12.4. The Balaban J connectivity index is 1.08. The Morgan fingerprint density at radius 2 is 1.66 bits per heavy atom. The molecule has 0 radical (unpaired) electrons. The van der Waals surface area contributed by atoms with Crippen LogP contribution in [0, 0.1) is 17.7 Å². The minimum atomic E-state index is -3.84. The number of hydrogen-bond donors (Lipinski definition) is 4. The number of aromatic hydroxyl groups is 2. The van der Waals surface area contributed by atoms with Crippen molar-refractivity contribution >= 4 is 15.9 Å². The topological polar surface area (TPSA) is 111 Å². The van der Waals surface area contributed by atoms with Gasteiger partial charge in [-0.1, -0.05) is 12.1 Å². The maximum absolute atomic E-state index is 13.9. The summed E-state index contributed by atoms with van der Waals surface area (Å²) in [5, 5.41) is 23.3. The fourth-order valence-electron chi connectivity index (χ4n) is 5.76. The second kappa shape index (κ2) is 9.78. The lowest BCUT2D eigenvalue weighted by Gasteiger charge is -2.29. The van der Waals surface area contributed by atoms with Crippen molar-refractivity contribution in [3.05, 3.63) is 53.3 Å². The Morgan fingerprint density at radius 1 is 0.971 bits per heavy atom. The van der Waals surface area contributed by atoms with Gasteiger partial charge in [0.25, 0.3) is 0 Å². The maximum Gasteiger partial charge on any atom is 0.243 e. The third-order valence-corrected chi connectivity index (χ3v) is 9.25. The molecule has 2 aromatic carbocycles. The van der Waals surface area contributed by atoms with Crippen LogP contribution in [0.2, 0.25) is 0 Å². The molecule has 1 heterocycles. The van der Waals surface area contributed by atoms with E-state index in [9.17, 15) is 23.0 Å². The van der Waals surface area contributed by atoms with Crippen molar-refractivity contribution in [2.24, 2.45) is 16.8 Å². The van der Waals surface area contributed by atoms with Crippen molar-refractivity contribution in [2.45, 2.75) is 61.8 Å². The van der Waals surface area contributed by atoms with Crippen LogP contribution in [0.4, 0.5) is 4.39 Å². The summed E-state index contributed by atoms with van der Waals surface area (Å²) in [4.78, 5) is 4.61. The van der Waals surface area contributed by atoms with Crippen LogP contribution in [0.15, 0.2) is 46.3 Å². The molecule has 4 N–H and O–H groups in total. The van der Waals surface area contributed by atoms with Gasteiger partial charge in [0.1, 0.15) is 10.7 Å². The summed E-state index contributed by atoms with van der Waals surface area (Å²) < 4.78 is 41.3. The molecule has 2 aromatic rings. The van der Waals surface area contributed by atoms with Crippen LogP contribution in [0.1, 0.15) is 55.6 Å². The van der Waals surface area contributed by atoms with Gasteiger partial charge in [-0.05, 0) is 85.8 Å². The number of aliphatic imine (C=N–C) groups is 1. The highest BCUT2D eigenvalue weighted by Crippen LogP contribution is 2.43. The Kier molecular flexibility index (Phi) is 6.72. The molecule has 35 heavy (non-hydrogen) atoms. The highest BCUT2D eigenvalue weighted by molar-refractivity contribution is 7.89. The molecule has 0 aromatic heterocycles. The second-order valence-corrected chi connectivity index (χ2v) is 11.8. The van der Waals surface area contributed by atoms with Crippen LogP contribution in [0.3, 0.4) is 0 Å². The predicted molar refractivity (Wildman–Crippen MR) is 132 cm³/mol. The van der Waals surface area contributed by atoms with E-state index in [2.05, 4.69) is 10.0 Å². The number of phenolic OH excluding ortho intramolecular Hbond substituents is 2. The monoisotopic (exact) mass is 501 g/mol. The van der Waals surface area contributed by atoms with Crippen LogP contribution in [0.25, 0.3) is 0 Å². The highest BCUT2D eigenvalue weighted by Gasteiger charge is 2.36. The summed E-state index contributed by atoms with van der Waals surface area (Å²) in [5.41, 5.74) is 2.19. The molecule has 1 fully saturated rings. The predicted octanol–water partition coefficient (Wildman–Crippen LogP) is 3.81. The van der Waals surface area contributed by atoms with E-state index in [0.717, 1.165) is 74.5 Å². The number of amidine groups is 1. The van der Waals surface area contributed by atoms with Gasteiger partial charge >= 0.3 is 0 Å². The first-order chi connectivity index (χ1) is 16.8. The number of hydrogen-bond acceptors (Lipinski definition) is 6. The molecule has 0 spiro atoms. The van der Waals surface area contributed by atoms with Crippen LogP contribution in [0.5, 0.6) is 11.5 Å². The average Bonchev–Trinajstić information content (AvgIpc) is 3.27. The summed E-state index contributed by atoms with van der Waals surface area (Å²) in [6, 6.07) is 9.03. The lowest BCUT2D eigenvalue weighted by molar-refractivity contribution is 0.275. The number of rotatable bonds is 6. The summed E-state index contributed by atoms with van der Waals surface area (Å²) in [6.07, 6.45) is 6.49. The molecule has 2 aliphatic carbocycles. The average molecular weight is 502 g/mol. The minimum absolute atomic E-state index is 0.0601. The van der Waals surface area contributed by atoms with Crippen molar-refractivity contribution in [2.75, 3.05) is 13.1 Å². The number of aryl methyl sites for hydroxylation is 1. The summed E-state index contributed by atoms with van der Waals surface area (Å²) >= 11 is 0. The van der Waals surface area contributed by atoms with Gasteiger partial charge in [-0.3, -0.25) is 4.99 Å². The van der Waals surface area contributed by atoms with Crippen molar-refractivity contribution in [3.63, 3.8) is 0 Å². The zero-order valence-corrected chi connectivity index (χ0v) is 20.4. The molecular weight excluding hydrogens is 469 g/mol. The van der Waals surface area contributed by atoms with E-state index in [-0.39, 0.29) is 34.3 Å². The molecule has 0 amide bonds. The van der Waals surface area contributed by atoms with Gasteiger partial charge in [-0.25, -0.2) is 17.5 Å². The number of nitrogens with one attached hydrogen (secondary N) is 2. The van der Waals surface area contributed by atoms with Gasteiger partial charge in [-0.15, -0.1) is 0 Å². The Labute approximate surface area is 205 Å². The quantitative estimate of drug-likeness (QED) is 0.450. The molecule has 2 atom stereocenters. The van der Waals surface area contributed by atoms with Gasteiger partial charge in [0.2, 0.25) is 10.0 Å². The Hall–Kier alpha value is -2.65. The van der Waals surface area contributed by atoms with E-state index >= 15 is 0 Å². The smallest absolute Gasteiger partial charge is 0.243 e. The van der Waals surface area contributed by atoms with E-state index in [4.69, 9.17) is 4.99 Å². The first kappa shape index (κ1) is 24.1. The van der Waals surface area contributed by atoms with Gasteiger partial charge in [0.15, 0.2) is 11.5 Å². The third kappa shape index (κ3) is 5.16. The molecule has 188 valence electrons. The lowest BCUT2D eigenvalue weighted by atomic mass is 9.79. The number of phenols is 2. The minimum Gasteiger partial charge on any atom is -0.504 e. The van der Waals surface area contributed by atoms with E-state index in [1.807, 2.05) is 0 Å². The van der Waals surface area contributed by atoms with Crippen LogP contribution >= 0.6 is 0 Å². The fraction of sp³-hybridized carbons (Fsp3) is 0.500. The lowest BCUT2D eigenvalue weighted by Crippen LogP contribution is -2.34. The Morgan fingerprint density at radius 3 is 2.40 bits per heavy atom. The van der Waals surface area contributed by atoms with E-state index < -0.39 is 15.8 Å². The second-order valence-electron chi connectivity index (χ2n) is 10.1. The van der Waals surface area contributed by atoms with Crippen LogP contribution in [-0.2, 0) is 16.4 Å². The number of sulfonamides is 1. The zero-order valence-electron chi connectivity index (χ0n) is 19.6. The van der Waals surface area contributed by atoms with Crippen molar-refractivity contribution in [1.82, 2.24) is 10.0 Å². The van der Waals surface area contributed by atoms with E-state index in [1.54, 1.807) is 12.1 Å². The molecule has 5 rings (SSSR count). The fourth-order valence-corrected chi connectivity index (χ4v) is 6.95. The number of halogens is 1. The van der Waals surface area contributed by atoms with Gasteiger partial charge < -0.3 is 15.5 Å². The number of nitrogens with zero attached hydrogens (tertiary/aromatic N) is 1. The molecule has 1 saturated carbocycles. The number of benzene rings is 2. The van der Waals surface area contributed by atoms with Crippen molar-refractivity contribution in [3.8, 4) is 11.5 Å². The van der Waals surface area contributed by atoms with E-state index in [1.165, 1.54) is 18.2 Å². The molecular formula is C26H32FN3O4S.